The normalized spacial score (nSPS) is 40.2. The predicted octanol–water partition coefficient (Wildman–Crippen LogP) is 4.71. The molecule has 4 bridgehead atoms. The van der Waals surface area contributed by atoms with E-state index in [0.29, 0.717) is 5.41 Å². The molecule has 20 heavy (non-hydrogen) atoms. The van der Waals surface area contributed by atoms with E-state index in [0.717, 1.165) is 23.8 Å². The van der Waals surface area contributed by atoms with Gasteiger partial charge in [0, 0.05) is 6.04 Å². The molecule has 0 heterocycles. The van der Waals surface area contributed by atoms with Crippen LogP contribution < -0.4 is 5.32 Å². The summed E-state index contributed by atoms with van der Waals surface area (Å²) in [5.74, 6) is 4.61. The molecule has 4 aliphatic rings. The van der Waals surface area contributed by atoms with Gasteiger partial charge in [0.15, 0.2) is 0 Å². The van der Waals surface area contributed by atoms with Gasteiger partial charge in [0.25, 0.3) is 0 Å². The minimum Gasteiger partial charge on any atom is -0.314 e. The molecule has 0 spiro atoms. The van der Waals surface area contributed by atoms with Crippen LogP contribution in [0.25, 0.3) is 0 Å². The van der Waals surface area contributed by atoms with Crippen LogP contribution >= 0.6 is 11.8 Å². The molecule has 0 saturated heterocycles. The van der Waals surface area contributed by atoms with Crippen LogP contribution in [0, 0.1) is 23.2 Å². The number of nitrogens with one attached hydrogen (secondary N) is 1. The van der Waals surface area contributed by atoms with Crippen LogP contribution in [0.5, 0.6) is 0 Å². The van der Waals surface area contributed by atoms with Gasteiger partial charge in [-0.2, -0.15) is 11.8 Å². The van der Waals surface area contributed by atoms with Gasteiger partial charge in [-0.15, -0.1) is 0 Å². The summed E-state index contributed by atoms with van der Waals surface area (Å²) in [4.78, 5) is 0. The number of hydrogen-bond donors (Lipinski definition) is 1. The Morgan fingerprint density at radius 3 is 2.15 bits per heavy atom. The Bertz CT molecular complexity index is 279. The van der Waals surface area contributed by atoms with Crippen LogP contribution in [0.1, 0.15) is 64.7 Å². The Kier molecular flexibility index (Phi) is 5.02. The zero-order valence-corrected chi connectivity index (χ0v) is 14.3. The Morgan fingerprint density at radius 1 is 1.00 bits per heavy atom. The summed E-state index contributed by atoms with van der Waals surface area (Å²) >= 11 is 1.98. The topological polar surface area (TPSA) is 12.0 Å². The lowest BCUT2D eigenvalue weighted by Crippen LogP contribution is -2.54. The van der Waals surface area contributed by atoms with Crippen molar-refractivity contribution >= 4 is 11.8 Å². The molecule has 4 saturated carbocycles. The molecule has 0 radical (unpaired) electrons. The van der Waals surface area contributed by atoms with Crippen LogP contribution in [-0.2, 0) is 0 Å². The first-order valence-electron chi connectivity index (χ1n) is 8.94. The Balaban J connectivity index is 1.44. The van der Waals surface area contributed by atoms with Gasteiger partial charge in [-0.05, 0) is 100 Å². The third-order valence-electron chi connectivity index (χ3n) is 6.48. The van der Waals surface area contributed by atoms with Crippen molar-refractivity contribution in [3.8, 4) is 0 Å². The SMILES string of the molecule is CSCCCCCNC(C)C12CC3CC(CC(C3)C1)C2. The van der Waals surface area contributed by atoms with Gasteiger partial charge in [0.2, 0.25) is 0 Å². The Morgan fingerprint density at radius 2 is 1.60 bits per heavy atom. The van der Waals surface area contributed by atoms with Gasteiger partial charge >= 0.3 is 0 Å². The van der Waals surface area contributed by atoms with Crippen molar-refractivity contribution in [2.75, 3.05) is 18.6 Å². The summed E-state index contributed by atoms with van der Waals surface area (Å²) in [7, 11) is 0. The maximum atomic E-state index is 3.91. The highest BCUT2D eigenvalue weighted by Crippen LogP contribution is 2.61. The summed E-state index contributed by atoms with van der Waals surface area (Å²) in [5, 5.41) is 3.91. The molecule has 116 valence electrons. The molecule has 0 aromatic rings. The van der Waals surface area contributed by atoms with E-state index in [4.69, 9.17) is 0 Å². The maximum Gasteiger partial charge on any atom is 0.00954 e. The van der Waals surface area contributed by atoms with Crippen LogP contribution in [-0.4, -0.2) is 24.6 Å². The molecule has 0 aromatic carbocycles. The highest BCUT2D eigenvalue weighted by atomic mass is 32.2. The molecular formula is C18H33NS. The van der Waals surface area contributed by atoms with Crippen molar-refractivity contribution in [1.82, 2.24) is 5.32 Å². The first-order chi connectivity index (χ1) is 9.72. The van der Waals surface area contributed by atoms with Gasteiger partial charge in [0.1, 0.15) is 0 Å². The zero-order chi connectivity index (χ0) is 14.0. The van der Waals surface area contributed by atoms with Crippen molar-refractivity contribution in [2.45, 2.75) is 70.8 Å². The monoisotopic (exact) mass is 295 g/mol. The van der Waals surface area contributed by atoms with E-state index < -0.39 is 0 Å². The molecule has 0 aliphatic heterocycles. The second-order valence-electron chi connectivity index (χ2n) is 8.01. The fourth-order valence-corrected chi connectivity index (χ4v) is 6.28. The van der Waals surface area contributed by atoms with Crippen LogP contribution in [0.4, 0.5) is 0 Å². The highest BCUT2D eigenvalue weighted by molar-refractivity contribution is 7.98. The molecule has 1 N–H and O–H groups in total. The minimum absolute atomic E-state index is 0.689. The van der Waals surface area contributed by atoms with E-state index in [1.165, 1.54) is 31.6 Å². The highest BCUT2D eigenvalue weighted by Gasteiger charge is 2.52. The molecule has 4 aliphatic carbocycles. The molecule has 1 nitrogen and oxygen atoms in total. The van der Waals surface area contributed by atoms with Gasteiger partial charge in [-0.1, -0.05) is 6.42 Å². The molecule has 4 rings (SSSR count). The average Bonchev–Trinajstić information content (AvgIpc) is 2.41. The average molecular weight is 296 g/mol. The molecular weight excluding hydrogens is 262 g/mol. The van der Waals surface area contributed by atoms with Crippen LogP contribution in [0.3, 0.4) is 0 Å². The van der Waals surface area contributed by atoms with Crippen LogP contribution in [0.15, 0.2) is 0 Å². The maximum absolute atomic E-state index is 3.91. The van der Waals surface area contributed by atoms with Gasteiger partial charge in [0.05, 0.1) is 0 Å². The summed E-state index contributed by atoms with van der Waals surface area (Å²) in [5.41, 5.74) is 0.689. The Labute approximate surface area is 130 Å². The van der Waals surface area contributed by atoms with Gasteiger partial charge < -0.3 is 5.32 Å². The van der Waals surface area contributed by atoms with E-state index in [1.54, 1.807) is 38.5 Å². The largest absolute Gasteiger partial charge is 0.314 e. The molecule has 1 atom stereocenters. The number of thioether (sulfide) groups is 1. The summed E-state index contributed by atoms with van der Waals surface area (Å²) in [6, 6.07) is 0.761. The third-order valence-corrected chi connectivity index (χ3v) is 7.18. The van der Waals surface area contributed by atoms with Crippen molar-refractivity contribution in [3.63, 3.8) is 0 Å². The second-order valence-corrected chi connectivity index (χ2v) is 8.99. The van der Waals surface area contributed by atoms with Crippen molar-refractivity contribution in [1.29, 1.82) is 0 Å². The fourth-order valence-electron chi connectivity index (χ4n) is 5.79. The zero-order valence-electron chi connectivity index (χ0n) is 13.5. The third kappa shape index (κ3) is 3.21. The van der Waals surface area contributed by atoms with E-state index >= 15 is 0 Å². The van der Waals surface area contributed by atoms with Crippen molar-refractivity contribution in [3.05, 3.63) is 0 Å². The molecule has 0 aromatic heterocycles. The van der Waals surface area contributed by atoms with Crippen molar-refractivity contribution in [2.24, 2.45) is 23.2 Å². The summed E-state index contributed by atoms with van der Waals surface area (Å²) < 4.78 is 0. The standard InChI is InChI=1S/C18H33NS/c1-14(19-6-4-3-5-7-20-2)18-11-15-8-16(12-18)10-17(9-15)13-18/h14-17,19H,3-13H2,1-2H3. The first kappa shape index (κ1) is 15.2. The van der Waals surface area contributed by atoms with E-state index in [1.807, 2.05) is 11.8 Å². The van der Waals surface area contributed by atoms with E-state index in [9.17, 15) is 0 Å². The summed E-state index contributed by atoms with van der Waals surface area (Å²) in [6.45, 7) is 3.74. The molecule has 1 unspecified atom stereocenters. The lowest BCUT2D eigenvalue weighted by molar-refractivity contribution is -0.0703. The second kappa shape index (κ2) is 6.60. The van der Waals surface area contributed by atoms with Gasteiger partial charge in [-0.3, -0.25) is 0 Å². The van der Waals surface area contributed by atoms with Crippen LogP contribution in [0.2, 0.25) is 0 Å². The molecule has 2 heteroatoms. The fraction of sp³-hybridized carbons (Fsp3) is 1.00. The number of hydrogen-bond acceptors (Lipinski definition) is 2. The predicted molar refractivity (Wildman–Crippen MR) is 90.3 cm³/mol. The first-order valence-corrected chi connectivity index (χ1v) is 10.3. The van der Waals surface area contributed by atoms with E-state index in [2.05, 4.69) is 18.5 Å². The lowest BCUT2D eigenvalue weighted by atomic mass is 9.48. The minimum atomic E-state index is 0.689. The quantitative estimate of drug-likeness (QED) is 0.651. The smallest absolute Gasteiger partial charge is 0.00954 e. The molecule has 4 fully saturated rings. The number of rotatable bonds is 8. The molecule has 0 amide bonds. The van der Waals surface area contributed by atoms with Gasteiger partial charge in [-0.25, -0.2) is 0 Å². The van der Waals surface area contributed by atoms with Crippen molar-refractivity contribution < 1.29 is 0 Å². The lowest BCUT2D eigenvalue weighted by Gasteiger charge is -2.59. The Hall–Kier alpha value is 0.310. The van der Waals surface area contributed by atoms with E-state index in [-0.39, 0.29) is 0 Å². The summed E-state index contributed by atoms with van der Waals surface area (Å²) in [6.07, 6.45) is 15.7. The number of unbranched alkanes of at least 4 members (excludes halogenated alkanes) is 2.